The molecule has 120 valence electrons. The summed E-state index contributed by atoms with van der Waals surface area (Å²) < 4.78 is 7.04. The van der Waals surface area contributed by atoms with E-state index in [1.54, 1.807) is 18.0 Å². The van der Waals surface area contributed by atoms with Crippen molar-refractivity contribution in [2.24, 2.45) is 7.05 Å². The van der Waals surface area contributed by atoms with Gasteiger partial charge < -0.3 is 10.1 Å². The average Bonchev–Trinajstić information content (AvgIpc) is 2.89. The molecule has 0 aliphatic carbocycles. The number of aryl methyl sites for hydroxylation is 2. The largest absolute Gasteiger partial charge is 0.497 e. The summed E-state index contributed by atoms with van der Waals surface area (Å²) in [5.41, 5.74) is 2.06. The first-order valence-electron chi connectivity index (χ1n) is 7.62. The van der Waals surface area contributed by atoms with E-state index in [0.717, 1.165) is 34.8 Å². The topological polar surface area (TPSA) is 64.9 Å². The number of ether oxygens (including phenoxy) is 1. The molecule has 0 saturated carbocycles. The van der Waals surface area contributed by atoms with E-state index in [1.807, 2.05) is 26.1 Å². The number of nitrogens with zero attached hydrogens (tertiary/aromatic N) is 4. The summed E-state index contributed by atoms with van der Waals surface area (Å²) in [6.07, 6.45) is 2.68. The Balaban J connectivity index is 1.81. The van der Waals surface area contributed by atoms with Crippen LogP contribution in [-0.2, 0) is 13.5 Å². The summed E-state index contributed by atoms with van der Waals surface area (Å²) in [6.45, 7) is 4.03. The van der Waals surface area contributed by atoms with Crippen LogP contribution < -0.4 is 10.1 Å². The predicted octanol–water partition coefficient (Wildman–Crippen LogP) is 2.72. The number of rotatable bonds is 5. The van der Waals surface area contributed by atoms with Crippen LogP contribution in [0.25, 0.3) is 11.0 Å². The lowest BCUT2D eigenvalue weighted by Crippen LogP contribution is -2.19. The lowest BCUT2D eigenvalue weighted by atomic mass is 10.1. The fourth-order valence-electron chi connectivity index (χ4n) is 2.68. The van der Waals surface area contributed by atoms with Gasteiger partial charge in [-0.05, 0) is 38.0 Å². The molecule has 2 aromatic heterocycles. The van der Waals surface area contributed by atoms with Gasteiger partial charge in [-0.15, -0.1) is 0 Å². The normalized spacial score (nSPS) is 12.3. The number of hydrogen-bond acceptors (Lipinski definition) is 5. The molecule has 0 aliphatic heterocycles. The highest BCUT2D eigenvalue weighted by Crippen LogP contribution is 2.21. The minimum absolute atomic E-state index is 0.222. The monoisotopic (exact) mass is 311 g/mol. The van der Waals surface area contributed by atoms with E-state index in [0.29, 0.717) is 0 Å². The summed E-state index contributed by atoms with van der Waals surface area (Å²) in [5, 5.41) is 8.69. The van der Waals surface area contributed by atoms with Gasteiger partial charge in [0.05, 0.1) is 18.7 Å². The Kier molecular flexibility index (Phi) is 4.14. The molecular formula is C17H21N5O. The number of methoxy groups -OCH3 is 1. The summed E-state index contributed by atoms with van der Waals surface area (Å²) in [7, 11) is 3.57. The molecular weight excluding hydrogens is 290 g/mol. The molecule has 3 aromatic rings. The molecule has 1 atom stereocenters. The second kappa shape index (κ2) is 6.24. The Labute approximate surface area is 135 Å². The van der Waals surface area contributed by atoms with Crippen LogP contribution in [0.4, 0.5) is 5.82 Å². The molecule has 0 spiro atoms. The molecule has 1 unspecified atom stereocenters. The maximum Gasteiger partial charge on any atom is 0.163 e. The van der Waals surface area contributed by atoms with E-state index in [1.165, 1.54) is 5.56 Å². The number of hydrogen-bond donors (Lipinski definition) is 1. The smallest absolute Gasteiger partial charge is 0.163 e. The highest BCUT2D eigenvalue weighted by atomic mass is 16.5. The maximum absolute atomic E-state index is 5.28. The number of nitrogens with one attached hydrogen (secondary N) is 1. The lowest BCUT2D eigenvalue weighted by Gasteiger charge is -2.16. The number of benzene rings is 1. The van der Waals surface area contributed by atoms with Crippen molar-refractivity contribution >= 4 is 16.9 Å². The van der Waals surface area contributed by atoms with E-state index >= 15 is 0 Å². The highest BCUT2D eigenvalue weighted by molar-refractivity contribution is 5.86. The van der Waals surface area contributed by atoms with Crippen LogP contribution in [0.15, 0.2) is 30.5 Å². The number of aromatic nitrogens is 4. The minimum atomic E-state index is 0.222. The molecule has 0 bridgehead atoms. The van der Waals surface area contributed by atoms with Crippen molar-refractivity contribution < 1.29 is 4.74 Å². The first-order chi connectivity index (χ1) is 11.1. The molecule has 23 heavy (non-hydrogen) atoms. The second-order valence-corrected chi connectivity index (χ2v) is 5.73. The van der Waals surface area contributed by atoms with Gasteiger partial charge in [-0.25, -0.2) is 9.97 Å². The number of anilines is 1. The van der Waals surface area contributed by atoms with Crippen molar-refractivity contribution in [1.29, 1.82) is 0 Å². The summed E-state index contributed by atoms with van der Waals surface area (Å²) >= 11 is 0. The first-order valence-corrected chi connectivity index (χ1v) is 7.62. The van der Waals surface area contributed by atoms with Gasteiger partial charge in [0.15, 0.2) is 5.65 Å². The van der Waals surface area contributed by atoms with Gasteiger partial charge in [0.2, 0.25) is 0 Å². The molecule has 0 radical (unpaired) electrons. The Morgan fingerprint density at radius 1 is 1.30 bits per heavy atom. The predicted molar refractivity (Wildman–Crippen MR) is 90.8 cm³/mol. The molecule has 0 amide bonds. The third-order valence-electron chi connectivity index (χ3n) is 3.76. The van der Waals surface area contributed by atoms with Crippen molar-refractivity contribution in [3.63, 3.8) is 0 Å². The third kappa shape index (κ3) is 3.26. The van der Waals surface area contributed by atoms with E-state index < -0.39 is 0 Å². The molecule has 0 aliphatic rings. The van der Waals surface area contributed by atoms with Gasteiger partial charge in [0.25, 0.3) is 0 Å². The Hall–Kier alpha value is -2.63. The Bertz CT molecular complexity index is 827. The zero-order valence-electron chi connectivity index (χ0n) is 13.9. The standard InChI is InChI=1S/C17H21N5O/c1-11(8-13-6-5-7-14(9-13)23-4)19-16-15-10-18-22(3)17(15)21-12(2)20-16/h5-7,9-11H,8H2,1-4H3,(H,19,20,21). The van der Waals surface area contributed by atoms with Crippen LogP contribution >= 0.6 is 0 Å². The van der Waals surface area contributed by atoms with Gasteiger partial charge in [0.1, 0.15) is 17.4 Å². The SMILES string of the molecule is COc1cccc(CC(C)Nc2nc(C)nc3c2cnn3C)c1. The lowest BCUT2D eigenvalue weighted by molar-refractivity contribution is 0.414. The average molecular weight is 311 g/mol. The van der Waals surface area contributed by atoms with Crippen LogP contribution in [0.1, 0.15) is 18.3 Å². The van der Waals surface area contributed by atoms with Gasteiger partial charge in [-0.1, -0.05) is 12.1 Å². The molecule has 6 heteroatoms. The second-order valence-electron chi connectivity index (χ2n) is 5.73. The van der Waals surface area contributed by atoms with Gasteiger partial charge >= 0.3 is 0 Å². The molecule has 3 rings (SSSR count). The molecule has 2 heterocycles. The van der Waals surface area contributed by atoms with E-state index in [-0.39, 0.29) is 6.04 Å². The van der Waals surface area contributed by atoms with E-state index in [9.17, 15) is 0 Å². The fraction of sp³-hybridized carbons (Fsp3) is 0.353. The Morgan fingerprint density at radius 2 is 2.13 bits per heavy atom. The maximum atomic E-state index is 5.28. The molecule has 1 aromatic carbocycles. The minimum Gasteiger partial charge on any atom is -0.497 e. The van der Waals surface area contributed by atoms with Crippen LogP contribution in [-0.4, -0.2) is 32.9 Å². The summed E-state index contributed by atoms with van der Waals surface area (Å²) in [4.78, 5) is 8.97. The van der Waals surface area contributed by atoms with Crippen molar-refractivity contribution in [3.8, 4) is 5.75 Å². The summed E-state index contributed by atoms with van der Waals surface area (Å²) in [5.74, 6) is 2.44. The first kappa shape index (κ1) is 15.3. The van der Waals surface area contributed by atoms with Gasteiger partial charge in [0, 0.05) is 13.1 Å². The highest BCUT2D eigenvalue weighted by Gasteiger charge is 2.12. The van der Waals surface area contributed by atoms with E-state index in [4.69, 9.17) is 4.74 Å². The van der Waals surface area contributed by atoms with Gasteiger partial charge in [-0.2, -0.15) is 5.10 Å². The molecule has 6 nitrogen and oxygen atoms in total. The van der Waals surface area contributed by atoms with Crippen LogP contribution in [0.3, 0.4) is 0 Å². The Morgan fingerprint density at radius 3 is 2.91 bits per heavy atom. The zero-order chi connectivity index (χ0) is 16.4. The quantitative estimate of drug-likeness (QED) is 0.785. The zero-order valence-corrected chi connectivity index (χ0v) is 13.9. The van der Waals surface area contributed by atoms with Crippen LogP contribution in [0, 0.1) is 6.92 Å². The third-order valence-corrected chi connectivity index (χ3v) is 3.76. The molecule has 1 N–H and O–H groups in total. The van der Waals surface area contributed by atoms with Crippen molar-refractivity contribution in [1.82, 2.24) is 19.7 Å². The van der Waals surface area contributed by atoms with Crippen molar-refractivity contribution in [3.05, 3.63) is 41.9 Å². The van der Waals surface area contributed by atoms with Gasteiger partial charge in [-0.3, -0.25) is 4.68 Å². The van der Waals surface area contributed by atoms with Crippen molar-refractivity contribution in [2.75, 3.05) is 12.4 Å². The fourth-order valence-corrected chi connectivity index (χ4v) is 2.68. The van der Waals surface area contributed by atoms with E-state index in [2.05, 4.69) is 39.4 Å². The molecule has 0 saturated heterocycles. The van der Waals surface area contributed by atoms with Crippen LogP contribution in [0.2, 0.25) is 0 Å². The molecule has 0 fully saturated rings. The van der Waals surface area contributed by atoms with Crippen LogP contribution in [0.5, 0.6) is 5.75 Å². The van der Waals surface area contributed by atoms with Crippen molar-refractivity contribution in [2.45, 2.75) is 26.3 Å². The summed E-state index contributed by atoms with van der Waals surface area (Å²) in [6, 6.07) is 8.35. The number of fused-ring (bicyclic) bond motifs is 1.